The second kappa shape index (κ2) is 7.00. The number of carbonyl (C=O) groups is 2. The van der Waals surface area contributed by atoms with Crippen LogP contribution in [0.2, 0.25) is 0 Å². The SMILES string of the molecule is COCC(=O)NC(C)c1nc2ccccc2n1CC(=O)NC1CC1. The van der Waals surface area contributed by atoms with Crippen LogP contribution >= 0.6 is 0 Å². The van der Waals surface area contributed by atoms with Gasteiger partial charge in [0.2, 0.25) is 11.8 Å². The van der Waals surface area contributed by atoms with Crippen molar-refractivity contribution in [3.63, 3.8) is 0 Å². The number of methoxy groups -OCH3 is 1. The molecule has 2 N–H and O–H groups in total. The predicted octanol–water partition coefficient (Wildman–Crippen LogP) is 1.14. The van der Waals surface area contributed by atoms with Gasteiger partial charge in [-0.15, -0.1) is 0 Å². The van der Waals surface area contributed by atoms with E-state index in [4.69, 9.17) is 4.74 Å². The number of aromatic nitrogens is 2. The fourth-order valence-corrected chi connectivity index (χ4v) is 2.71. The number of rotatable bonds is 7. The Morgan fingerprint density at radius 3 is 2.79 bits per heavy atom. The summed E-state index contributed by atoms with van der Waals surface area (Å²) in [7, 11) is 1.47. The molecule has 0 spiro atoms. The lowest BCUT2D eigenvalue weighted by atomic mass is 10.3. The highest BCUT2D eigenvalue weighted by atomic mass is 16.5. The Hall–Kier alpha value is -2.41. The Morgan fingerprint density at radius 2 is 2.08 bits per heavy atom. The maximum atomic E-state index is 12.2. The summed E-state index contributed by atoms with van der Waals surface area (Å²) in [4.78, 5) is 28.6. The lowest BCUT2D eigenvalue weighted by Gasteiger charge is -2.16. The molecule has 24 heavy (non-hydrogen) atoms. The van der Waals surface area contributed by atoms with E-state index in [0.717, 1.165) is 23.9 Å². The minimum Gasteiger partial charge on any atom is -0.375 e. The highest BCUT2D eigenvalue weighted by Gasteiger charge is 2.25. The molecule has 1 aromatic heterocycles. The summed E-state index contributed by atoms with van der Waals surface area (Å²) in [5.74, 6) is 0.412. The van der Waals surface area contributed by atoms with Gasteiger partial charge in [-0.3, -0.25) is 9.59 Å². The highest BCUT2D eigenvalue weighted by Crippen LogP contribution is 2.22. The summed E-state index contributed by atoms with van der Waals surface area (Å²) >= 11 is 0. The molecule has 3 rings (SSSR count). The van der Waals surface area contributed by atoms with Crippen LogP contribution in [0.3, 0.4) is 0 Å². The molecule has 2 aromatic rings. The summed E-state index contributed by atoms with van der Waals surface area (Å²) in [5.41, 5.74) is 1.69. The van der Waals surface area contributed by atoms with E-state index in [2.05, 4.69) is 15.6 Å². The van der Waals surface area contributed by atoms with Crippen LogP contribution in [0.15, 0.2) is 24.3 Å². The smallest absolute Gasteiger partial charge is 0.246 e. The van der Waals surface area contributed by atoms with Crippen LogP contribution in [0.4, 0.5) is 0 Å². The van der Waals surface area contributed by atoms with Gasteiger partial charge in [-0.2, -0.15) is 0 Å². The lowest BCUT2D eigenvalue weighted by Crippen LogP contribution is -2.33. The molecule has 1 aliphatic carbocycles. The Morgan fingerprint density at radius 1 is 1.33 bits per heavy atom. The zero-order valence-electron chi connectivity index (χ0n) is 13.9. The standard InChI is InChI=1S/C17H22N4O3/c1-11(18-16(23)10-24-2)17-20-13-5-3-4-6-14(13)21(17)9-15(22)19-12-7-8-12/h3-6,11-12H,7-10H2,1-2H3,(H,18,23)(H,19,22). The van der Waals surface area contributed by atoms with Gasteiger partial charge in [-0.1, -0.05) is 12.1 Å². The maximum absolute atomic E-state index is 12.2. The second-order valence-corrected chi connectivity index (χ2v) is 6.11. The number of nitrogens with zero attached hydrogens (tertiary/aromatic N) is 2. The van der Waals surface area contributed by atoms with Crippen molar-refractivity contribution in [3.05, 3.63) is 30.1 Å². The van der Waals surface area contributed by atoms with Gasteiger partial charge in [0, 0.05) is 13.2 Å². The number of carbonyl (C=O) groups excluding carboxylic acids is 2. The molecule has 0 bridgehead atoms. The average Bonchev–Trinajstić information content (AvgIpc) is 3.28. The first-order valence-electron chi connectivity index (χ1n) is 8.11. The molecule has 0 saturated heterocycles. The molecule has 2 amide bonds. The number of imidazole rings is 1. The molecule has 7 nitrogen and oxygen atoms in total. The summed E-state index contributed by atoms with van der Waals surface area (Å²) < 4.78 is 6.71. The lowest BCUT2D eigenvalue weighted by molar-refractivity contribution is -0.125. The Labute approximate surface area is 140 Å². The van der Waals surface area contributed by atoms with E-state index >= 15 is 0 Å². The first kappa shape index (κ1) is 16.4. The Kier molecular flexibility index (Phi) is 4.80. The fraction of sp³-hybridized carbons (Fsp3) is 0.471. The predicted molar refractivity (Wildman–Crippen MR) is 89.3 cm³/mol. The molecular formula is C17H22N4O3. The van der Waals surface area contributed by atoms with Crippen LogP contribution in [0, 0.1) is 0 Å². The monoisotopic (exact) mass is 330 g/mol. The molecule has 0 aliphatic heterocycles. The summed E-state index contributed by atoms with van der Waals surface area (Å²) in [6.45, 7) is 2.04. The van der Waals surface area contributed by atoms with E-state index in [0.29, 0.717) is 11.9 Å². The fourth-order valence-electron chi connectivity index (χ4n) is 2.71. The van der Waals surface area contributed by atoms with Gasteiger partial charge in [0.1, 0.15) is 19.0 Å². The molecule has 1 unspecified atom stereocenters. The van der Waals surface area contributed by atoms with Crippen LogP contribution in [0.25, 0.3) is 11.0 Å². The molecular weight excluding hydrogens is 308 g/mol. The first-order valence-corrected chi connectivity index (χ1v) is 8.11. The number of fused-ring (bicyclic) bond motifs is 1. The first-order chi connectivity index (χ1) is 11.6. The van der Waals surface area contributed by atoms with E-state index in [1.165, 1.54) is 7.11 Å². The van der Waals surface area contributed by atoms with Crippen molar-refractivity contribution in [2.45, 2.75) is 38.4 Å². The third-order valence-corrected chi connectivity index (χ3v) is 3.97. The van der Waals surface area contributed by atoms with E-state index in [-0.39, 0.29) is 31.0 Å². The summed E-state index contributed by atoms with van der Waals surface area (Å²) in [5, 5.41) is 5.84. The van der Waals surface area contributed by atoms with Gasteiger partial charge in [-0.25, -0.2) is 4.98 Å². The maximum Gasteiger partial charge on any atom is 0.246 e. The van der Waals surface area contributed by atoms with Crippen LogP contribution in [-0.4, -0.2) is 41.1 Å². The van der Waals surface area contributed by atoms with Crippen molar-refractivity contribution in [3.8, 4) is 0 Å². The number of para-hydroxylation sites is 2. The van der Waals surface area contributed by atoms with E-state index in [1.54, 1.807) is 0 Å². The Bertz CT molecular complexity index is 751. The average molecular weight is 330 g/mol. The molecule has 1 heterocycles. The summed E-state index contributed by atoms with van der Waals surface area (Å²) in [6, 6.07) is 7.64. The summed E-state index contributed by atoms with van der Waals surface area (Å²) in [6.07, 6.45) is 2.10. The van der Waals surface area contributed by atoms with Crippen LogP contribution in [0.1, 0.15) is 31.6 Å². The van der Waals surface area contributed by atoms with Crippen LogP contribution in [0.5, 0.6) is 0 Å². The van der Waals surface area contributed by atoms with Gasteiger partial charge in [0.15, 0.2) is 0 Å². The normalized spacial score (nSPS) is 15.2. The van der Waals surface area contributed by atoms with Crippen molar-refractivity contribution in [1.29, 1.82) is 0 Å². The minimum absolute atomic E-state index is 0.00721. The third-order valence-electron chi connectivity index (χ3n) is 3.97. The Balaban J connectivity index is 1.86. The molecule has 1 aliphatic rings. The van der Waals surface area contributed by atoms with Gasteiger partial charge in [0.25, 0.3) is 0 Å². The number of benzene rings is 1. The van der Waals surface area contributed by atoms with Gasteiger partial charge in [-0.05, 0) is 31.9 Å². The van der Waals surface area contributed by atoms with Crippen LogP contribution < -0.4 is 10.6 Å². The minimum atomic E-state index is -0.325. The molecule has 1 fully saturated rings. The van der Waals surface area contributed by atoms with Crippen molar-refractivity contribution >= 4 is 22.8 Å². The zero-order valence-corrected chi connectivity index (χ0v) is 13.9. The topological polar surface area (TPSA) is 85.2 Å². The van der Waals surface area contributed by atoms with Gasteiger partial charge < -0.3 is 19.9 Å². The van der Waals surface area contributed by atoms with Crippen molar-refractivity contribution < 1.29 is 14.3 Å². The van der Waals surface area contributed by atoms with E-state index in [1.807, 2.05) is 35.8 Å². The van der Waals surface area contributed by atoms with E-state index in [9.17, 15) is 9.59 Å². The number of nitrogens with one attached hydrogen (secondary N) is 2. The van der Waals surface area contributed by atoms with E-state index < -0.39 is 0 Å². The van der Waals surface area contributed by atoms with Gasteiger partial charge >= 0.3 is 0 Å². The zero-order chi connectivity index (χ0) is 17.1. The quantitative estimate of drug-likeness (QED) is 0.797. The molecule has 0 radical (unpaired) electrons. The number of ether oxygens (including phenoxy) is 1. The molecule has 7 heteroatoms. The van der Waals surface area contributed by atoms with Crippen molar-refractivity contribution in [1.82, 2.24) is 20.2 Å². The molecule has 1 saturated carbocycles. The van der Waals surface area contributed by atoms with Crippen molar-refractivity contribution in [2.75, 3.05) is 13.7 Å². The van der Waals surface area contributed by atoms with Crippen molar-refractivity contribution in [2.24, 2.45) is 0 Å². The number of hydrogen-bond acceptors (Lipinski definition) is 4. The largest absolute Gasteiger partial charge is 0.375 e. The highest BCUT2D eigenvalue weighted by molar-refractivity contribution is 5.82. The van der Waals surface area contributed by atoms with Gasteiger partial charge in [0.05, 0.1) is 17.1 Å². The van der Waals surface area contributed by atoms with Crippen LogP contribution in [-0.2, 0) is 20.9 Å². The molecule has 128 valence electrons. The molecule has 1 aromatic carbocycles. The third kappa shape index (κ3) is 3.73. The second-order valence-electron chi connectivity index (χ2n) is 6.11. The number of amides is 2. The molecule has 1 atom stereocenters. The number of hydrogen-bond donors (Lipinski definition) is 2.